The van der Waals surface area contributed by atoms with Crippen molar-refractivity contribution in [1.29, 1.82) is 0 Å². The van der Waals surface area contributed by atoms with Gasteiger partial charge in [0.25, 0.3) is 5.78 Å². The number of benzene rings is 1. The molecule has 0 spiro atoms. The Hall–Kier alpha value is -2.61. The van der Waals surface area contributed by atoms with Gasteiger partial charge >= 0.3 is 0 Å². The number of fused-ring (bicyclic) bond motifs is 1. The summed E-state index contributed by atoms with van der Waals surface area (Å²) in [4.78, 5) is 7.87. The third-order valence-corrected chi connectivity index (χ3v) is 3.81. The lowest BCUT2D eigenvalue weighted by molar-refractivity contribution is 0.547. The van der Waals surface area contributed by atoms with Gasteiger partial charge in [-0.25, -0.2) is 13.2 Å². The SMILES string of the molecule is C=CC(C)c1c(-c2c(F)cc(F)cc2F)c(Cl)nc2nc(N)nn12. The minimum absolute atomic E-state index is 0.0588. The molecular weight excluding hydrogens is 343 g/mol. The van der Waals surface area contributed by atoms with Gasteiger partial charge in [-0.3, -0.25) is 0 Å². The van der Waals surface area contributed by atoms with Gasteiger partial charge in [-0.05, 0) is 0 Å². The molecule has 1 aromatic carbocycles. The lowest BCUT2D eigenvalue weighted by Gasteiger charge is -2.17. The molecule has 24 heavy (non-hydrogen) atoms. The van der Waals surface area contributed by atoms with E-state index in [9.17, 15) is 13.2 Å². The van der Waals surface area contributed by atoms with Gasteiger partial charge < -0.3 is 5.73 Å². The van der Waals surface area contributed by atoms with Crippen LogP contribution < -0.4 is 5.73 Å². The first-order valence-electron chi connectivity index (χ1n) is 6.82. The maximum Gasteiger partial charge on any atom is 0.255 e. The molecule has 0 aliphatic carbocycles. The molecule has 1 atom stereocenters. The maximum atomic E-state index is 14.3. The van der Waals surface area contributed by atoms with Crippen molar-refractivity contribution >= 4 is 23.3 Å². The third-order valence-electron chi connectivity index (χ3n) is 3.54. The minimum Gasteiger partial charge on any atom is -0.366 e. The van der Waals surface area contributed by atoms with Crippen LogP contribution in [0.25, 0.3) is 16.9 Å². The van der Waals surface area contributed by atoms with E-state index in [0.717, 1.165) is 0 Å². The predicted octanol–water partition coefficient (Wildman–Crippen LogP) is 3.73. The van der Waals surface area contributed by atoms with Crippen LogP contribution in [0.15, 0.2) is 24.8 Å². The van der Waals surface area contributed by atoms with Gasteiger partial charge in [-0.2, -0.15) is 14.5 Å². The second kappa shape index (κ2) is 5.79. The van der Waals surface area contributed by atoms with Gasteiger partial charge in [-0.15, -0.1) is 11.7 Å². The zero-order valence-corrected chi connectivity index (χ0v) is 13.2. The van der Waals surface area contributed by atoms with Gasteiger partial charge in [-0.1, -0.05) is 24.6 Å². The van der Waals surface area contributed by atoms with E-state index >= 15 is 0 Å². The Morgan fingerprint density at radius 2 is 1.83 bits per heavy atom. The minimum atomic E-state index is -1.11. The molecule has 124 valence electrons. The molecule has 0 saturated carbocycles. The maximum absolute atomic E-state index is 14.3. The van der Waals surface area contributed by atoms with Crippen LogP contribution in [-0.2, 0) is 0 Å². The van der Waals surface area contributed by atoms with Crippen molar-refractivity contribution < 1.29 is 13.2 Å². The lowest BCUT2D eigenvalue weighted by atomic mass is 9.97. The molecule has 0 aliphatic rings. The molecule has 0 aliphatic heterocycles. The molecule has 2 N–H and O–H groups in total. The van der Waals surface area contributed by atoms with Crippen molar-refractivity contribution in [3.8, 4) is 11.1 Å². The highest BCUT2D eigenvalue weighted by Crippen LogP contribution is 2.38. The summed E-state index contributed by atoms with van der Waals surface area (Å²) in [6, 6.07) is 1.13. The van der Waals surface area contributed by atoms with Gasteiger partial charge in [0.15, 0.2) is 0 Å². The number of nitrogens with zero attached hydrogens (tertiary/aromatic N) is 4. The van der Waals surface area contributed by atoms with Crippen molar-refractivity contribution in [2.45, 2.75) is 12.8 Å². The summed E-state index contributed by atoms with van der Waals surface area (Å²) in [7, 11) is 0. The van der Waals surface area contributed by atoms with Crippen LogP contribution in [-0.4, -0.2) is 19.6 Å². The van der Waals surface area contributed by atoms with Gasteiger partial charge in [0.05, 0.1) is 11.3 Å². The molecule has 3 aromatic rings. The number of halogens is 4. The zero-order chi connectivity index (χ0) is 17.6. The Kier molecular flexibility index (Phi) is 3.92. The van der Waals surface area contributed by atoms with E-state index in [1.807, 2.05) is 0 Å². The molecule has 5 nitrogen and oxygen atoms in total. The topological polar surface area (TPSA) is 69.1 Å². The van der Waals surface area contributed by atoms with Crippen LogP contribution in [0.5, 0.6) is 0 Å². The summed E-state index contributed by atoms with van der Waals surface area (Å²) < 4.78 is 43.0. The number of hydrogen-bond donors (Lipinski definition) is 1. The largest absolute Gasteiger partial charge is 0.366 e. The summed E-state index contributed by atoms with van der Waals surface area (Å²) >= 11 is 6.14. The van der Waals surface area contributed by atoms with Gasteiger partial charge in [0, 0.05) is 23.6 Å². The van der Waals surface area contributed by atoms with Crippen molar-refractivity contribution in [3.05, 3.63) is 53.1 Å². The number of nitrogens with two attached hydrogens (primary N) is 1. The van der Waals surface area contributed by atoms with E-state index in [4.69, 9.17) is 17.3 Å². The smallest absolute Gasteiger partial charge is 0.255 e. The molecule has 2 heterocycles. The first-order valence-corrected chi connectivity index (χ1v) is 7.20. The highest BCUT2D eigenvalue weighted by Gasteiger charge is 2.26. The number of anilines is 1. The Balaban J connectivity index is 2.48. The molecule has 0 saturated heterocycles. The average Bonchev–Trinajstić information content (AvgIpc) is 2.85. The summed E-state index contributed by atoms with van der Waals surface area (Å²) in [5, 5.41) is 3.78. The van der Waals surface area contributed by atoms with Gasteiger partial charge in [0.2, 0.25) is 5.95 Å². The van der Waals surface area contributed by atoms with Crippen LogP contribution >= 0.6 is 11.6 Å². The van der Waals surface area contributed by atoms with Crippen molar-refractivity contribution in [2.24, 2.45) is 0 Å². The normalized spacial score (nSPS) is 12.5. The molecule has 9 heteroatoms. The van der Waals surface area contributed by atoms with E-state index in [2.05, 4.69) is 21.6 Å². The number of hydrogen-bond acceptors (Lipinski definition) is 4. The molecular formula is C15H11ClF3N5. The fourth-order valence-corrected chi connectivity index (χ4v) is 2.72. The highest BCUT2D eigenvalue weighted by atomic mass is 35.5. The molecule has 0 bridgehead atoms. The summed E-state index contributed by atoms with van der Waals surface area (Å²) in [6.07, 6.45) is 1.53. The fourth-order valence-electron chi connectivity index (χ4n) is 2.45. The van der Waals surface area contributed by atoms with E-state index < -0.39 is 28.9 Å². The first kappa shape index (κ1) is 16.3. The number of allylic oxidation sites excluding steroid dienone is 1. The van der Waals surface area contributed by atoms with Crippen LogP contribution in [0, 0.1) is 17.5 Å². The van der Waals surface area contributed by atoms with Crippen LogP contribution in [0.2, 0.25) is 5.15 Å². The Morgan fingerprint density at radius 1 is 1.21 bits per heavy atom. The summed E-state index contributed by atoms with van der Waals surface area (Å²) in [5.74, 6) is -3.68. The molecule has 1 unspecified atom stereocenters. The first-order chi connectivity index (χ1) is 11.3. The second-order valence-electron chi connectivity index (χ2n) is 5.11. The van der Waals surface area contributed by atoms with Crippen LogP contribution in [0.4, 0.5) is 19.1 Å². The average molecular weight is 354 g/mol. The fraction of sp³-hybridized carbons (Fsp3) is 0.133. The predicted molar refractivity (Wildman–Crippen MR) is 84.1 cm³/mol. The number of nitrogen functional groups attached to an aromatic ring is 1. The summed E-state index contributed by atoms with van der Waals surface area (Å²) in [6.45, 7) is 5.39. The highest BCUT2D eigenvalue weighted by molar-refractivity contribution is 6.32. The zero-order valence-electron chi connectivity index (χ0n) is 12.4. The number of aromatic nitrogens is 4. The Bertz CT molecular complexity index is 946. The lowest BCUT2D eigenvalue weighted by Crippen LogP contribution is -2.09. The quantitative estimate of drug-likeness (QED) is 0.575. The number of rotatable bonds is 3. The van der Waals surface area contributed by atoms with E-state index in [-0.39, 0.29) is 28.1 Å². The monoisotopic (exact) mass is 353 g/mol. The Morgan fingerprint density at radius 3 is 2.42 bits per heavy atom. The molecule has 0 amide bonds. The second-order valence-corrected chi connectivity index (χ2v) is 5.47. The standard InChI is InChI=1S/C15H11ClF3N5/c1-3-6(2)12-11(10-8(18)4-7(17)5-9(10)19)13(16)21-15-22-14(20)23-24(12)15/h3-6H,1H2,2H3,(H2,20,23). The Labute approximate surface area is 139 Å². The van der Waals surface area contributed by atoms with E-state index in [0.29, 0.717) is 12.1 Å². The van der Waals surface area contributed by atoms with Crippen LogP contribution in [0.3, 0.4) is 0 Å². The molecule has 0 fully saturated rings. The van der Waals surface area contributed by atoms with E-state index in [1.54, 1.807) is 6.92 Å². The van der Waals surface area contributed by atoms with Crippen LogP contribution in [0.1, 0.15) is 18.5 Å². The molecule has 2 aromatic heterocycles. The van der Waals surface area contributed by atoms with Gasteiger partial charge in [0.1, 0.15) is 22.6 Å². The molecule has 3 rings (SSSR count). The summed E-state index contributed by atoms with van der Waals surface area (Å²) in [5.41, 5.74) is 5.29. The third kappa shape index (κ3) is 2.48. The van der Waals surface area contributed by atoms with E-state index in [1.165, 1.54) is 10.6 Å². The molecule has 0 radical (unpaired) electrons. The van der Waals surface area contributed by atoms with Crippen molar-refractivity contribution in [1.82, 2.24) is 19.6 Å². The van der Waals surface area contributed by atoms with Crippen molar-refractivity contribution in [2.75, 3.05) is 5.73 Å². The van der Waals surface area contributed by atoms with Crippen molar-refractivity contribution in [3.63, 3.8) is 0 Å².